The second kappa shape index (κ2) is 3.50. The van der Waals surface area contributed by atoms with Gasteiger partial charge < -0.3 is 4.98 Å². The first-order valence-electron chi connectivity index (χ1n) is 6.77. The van der Waals surface area contributed by atoms with E-state index in [0.29, 0.717) is 6.04 Å². The third-order valence-corrected chi connectivity index (χ3v) is 4.61. The topological polar surface area (TPSA) is 37.8 Å². The van der Waals surface area contributed by atoms with Crippen molar-refractivity contribution in [2.24, 2.45) is 11.8 Å². The minimum Gasteiger partial charge on any atom is -0.312 e. The number of imidazole rings is 1. The Morgan fingerprint density at radius 1 is 1.29 bits per heavy atom. The fourth-order valence-electron chi connectivity index (χ4n) is 3.81. The number of aromatic nitrogens is 2. The van der Waals surface area contributed by atoms with Gasteiger partial charge in [0, 0.05) is 23.3 Å². The van der Waals surface area contributed by atoms with Crippen molar-refractivity contribution in [1.82, 2.24) is 9.55 Å². The molecular weight excluding hydrogens is 212 g/mol. The van der Waals surface area contributed by atoms with Crippen LogP contribution in [0.15, 0.2) is 11.0 Å². The van der Waals surface area contributed by atoms with Gasteiger partial charge in [-0.15, -0.1) is 0 Å². The monoisotopic (exact) mass is 234 g/mol. The van der Waals surface area contributed by atoms with Crippen LogP contribution in [0.2, 0.25) is 0 Å². The van der Waals surface area contributed by atoms with Crippen molar-refractivity contribution >= 4 is 0 Å². The molecule has 3 nitrogen and oxygen atoms in total. The van der Waals surface area contributed by atoms with Crippen molar-refractivity contribution in [1.29, 1.82) is 0 Å². The number of nitrogens with zero attached hydrogens (tertiary/aromatic N) is 1. The van der Waals surface area contributed by atoms with Gasteiger partial charge in [0.05, 0.1) is 0 Å². The molecule has 3 heteroatoms. The van der Waals surface area contributed by atoms with Gasteiger partial charge in [0.15, 0.2) is 0 Å². The second-order valence-electron chi connectivity index (χ2n) is 6.84. The van der Waals surface area contributed by atoms with Crippen molar-refractivity contribution in [3.8, 4) is 0 Å². The minimum atomic E-state index is 0.0427. The predicted molar refractivity (Wildman–Crippen MR) is 68.2 cm³/mol. The van der Waals surface area contributed by atoms with Crippen LogP contribution in [0.3, 0.4) is 0 Å². The molecule has 0 aliphatic heterocycles. The van der Waals surface area contributed by atoms with Crippen LogP contribution in [0, 0.1) is 11.8 Å². The minimum absolute atomic E-state index is 0.0427. The summed E-state index contributed by atoms with van der Waals surface area (Å²) in [5.41, 5.74) is 1.30. The lowest BCUT2D eigenvalue weighted by atomic mass is 9.90. The quantitative estimate of drug-likeness (QED) is 0.797. The average Bonchev–Trinajstić information content (AvgIpc) is 2.88. The molecule has 17 heavy (non-hydrogen) atoms. The summed E-state index contributed by atoms with van der Waals surface area (Å²) in [7, 11) is 0. The first kappa shape index (κ1) is 11.1. The highest BCUT2D eigenvalue weighted by molar-refractivity contribution is 5.13. The summed E-state index contributed by atoms with van der Waals surface area (Å²) < 4.78 is 2.06. The molecule has 1 N–H and O–H groups in total. The van der Waals surface area contributed by atoms with E-state index in [-0.39, 0.29) is 11.1 Å². The van der Waals surface area contributed by atoms with Gasteiger partial charge in [-0.25, -0.2) is 4.79 Å². The van der Waals surface area contributed by atoms with Crippen molar-refractivity contribution < 1.29 is 0 Å². The molecule has 2 bridgehead atoms. The lowest BCUT2D eigenvalue weighted by Crippen LogP contribution is -2.31. The maximum absolute atomic E-state index is 12.1. The molecule has 0 saturated heterocycles. The highest BCUT2D eigenvalue weighted by Crippen LogP contribution is 2.50. The number of fused-ring (bicyclic) bond motifs is 2. The molecular formula is C14H22N2O. The van der Waals surface area contributed by atoms with Crippen molar-refractivity contribution in [2.75, 3.05) is 0 Å². The normalized spacial score (nSPS) is 32.3. The number of aromatic amines is 1. The summed E-state index contributed by atoms with van der Waals surface area (Å²) in [5, 5.41) is 0. The van der Waals surface area contributed by atoms with E-state index in [1.807, 2.05) is 6.20 Å². The fourth-order valence-corrected chi connectivity index (χ4v) is 3.81. The van der Waals surface area contributed by atoms with Crippen LogP contribution in [-0.4, -0.2) is 9.55 Å². The highest BCUT2D eigenvalue weighted by atomic mass is 16.1. The first-order valence-corrected chi connectivity index (χ1v) is 6.77. The zero-order valence-electron chi connectivity index (χ0n) is 11.0. The zero-order valence-corrected chi connectivity index (χ0v) is 11.0. The Bertz CT molecular complexity index is 477. The molecule has 0 radical (unpaired) electrons. The van der Waals surface area contributed by atoms with Crippen LogP contribution >= 0.6 is 0 Å². The Kier molecular flexibility index (Phi) is 2.29. The van der Waals surface area contributed by atoms with E-state index < -0.39 is 0 Å². The first-order chi connectivity index (χ1) is 7.97. The Labute approximate surface area is 102 Å². The third-order valence-electron chi connectivity index (χ3n) is 4.61. The van der Waals surface area contributed by atoms with E-state index in [2.05, 4.69) is 30.3 Å². The van der Waals surface area contributed by atoms with Crippen LogP contribution in [0.1, 0.15) is 58.2 Å². The molecule has 1 aromatic rings. The number of nitrogens with one attached hydrogen (secondary N) is 1. The summed E-state index contributed by atoms with van der Waals surface area (Å²) >= 11 is 0. The van der Waals surface area contributed by atoms with E-state index in [4.69, 9.17) is 0 Å². The lowest BCUT2D eigenvalue weighted by molar-refractivity contribution is 0.306. The molecule has 94 valence electrons. The lowest BCUT2D eigenvalue weighted by Gasteiger charge is -2.28. The Balaban J connectivity index is 2.03. The van der Waals surface area contributed by atoms with Crippen LogP contribution < -0.4 is 5.69 Å². The predicted octanol–water partition coefficient (Wildman–Crippen LogP) is 2.84. The smallest absolute Gasteiger partial charge is 0.312 e. The number of hydrogen-bond donors (Lipinski definition) is 1. The summed E-state index contributed by atoms with van der Waals surface area (Å²) in [6, 6.07) is 0.460. The van der Waals surface area contributed by atoms with E-state index >= 15 is 0 Å². The van der Waals surface area contributed by atoms with Gasteiger partial charge in [-0.3, -0.25) is 4.57 Å². The highest BCUT2D eigenvalue weighted by Gasteiger charge is 2.42. The SMILES string of the molecule is CC(C)(C)c1c[nH]c(=O)n1[C@@H]1C[C@@H]2CCC1C2. The molecule has 2 aliphatic carbocycles. The van der Waals surface area contributed by atoms with E-state index in [9.17, 15) is 4.79 Å². The summed E-state index contributed by atoms with van der Waals surface area (Å²) in [6.45, 7) is 6.54. The molecule has 3 rings (SSSR count). The number of rotatable bonds is 1. The largest absolute Gasteiger partial charge is 0.325 e. The van der Waals surface area contributed by atoms with Gasteiger partial charge in [0.2, 0.25) is 0 Å². The summed E-state index contributed by atoms with van der Waals surface area (Å²) in [5.74, 6) is 1.62. The molecule has 2 saturated carbocycles. The Morgan fingerprint density at radius 3 is 2.59 bits per heavy atom. The molecule has 2 fully saturated rings. The van der Waals surface area contributed by atoms with Crippen LogP contribution in [0.4, 0.5) is 0 Å². The maximum Gasteiger partial charge on any atom is 0.325 e. The van der Waals surface area contributed by atoms with Gasteiger partial charge in [-0.1, -0.05) is 27.2 Å². The van der Waals surface area contributed by atoms with Crippen LogP contribution in [0.25, 0.3) is 0 Å². The van der Waals surface area contributed by atoms with Gasteiger partial charge in [0.1, 0.15) is 0 Å². The van der Waals surface area contributed by atoms with Gasteiger partial charge in [-0.05, 0) is 31.1 Å². The molecule has 0 spiro atoms. The Hall–Kier alpha value is -0.990. The van der Waals surface area contributed by atoms with Crippen molar-refractivity contribution in [2.45, 2.75) is 57.9 Å². The van der Waals surface area contributed by atoms with Crippen LogP contribution in [-0.2, 0) is 5.41 Å². The summed E-state index contributed by atoms with van der Waals surface area (Å²) in [6.07, 6.45) is 7.16. The second-order valence-corrected chi connectivity index (χ2v) is 6.84. The zero-order chi connectivity index (χ0) is 12.2. The fraction of sp³-hybridized carbons (Fsp3) is 0.786. The number of H-pyrrole nitrogens is 1. The summed E-state index contributed by atoms with van der Waals surface area (Å²) in [4.78, 5) is 14.9. The van der Waals surface area contributed by atoms with Crippen LogP contribution in [0.5, 0.6) is 0 Å². The molecule has 1 aromatic heterocycles. The standard InChI is InChI=1S/C14H22N2O/c1-14(2,3)12-8-15-13(17)16(12)11-7-9-4-5-10(11)6-9/h8-11H,4-7H2,1-3H3,(H,15,17)/t9-,10?,11-/m1/s1. The molecule has 2 aliphatic rings. The third kappa shape index (κ3) is 1.67. The van der Waals surface area contributed by atoms with Gasteiger partial charge in [-0.2, -0.15) is 0 Å². The molecule has 3 atom stereocenters. The molecule has 0 amide bonds. The van der Waals surface area contributed by atoms with E-state index in [1.54, 1.807) is 0 Å². The molecule has 0 aromatic carbocycles. The van der Waals surface area contributed by atoms with E-state index in [1.165, 1.54) is 31.4 Å². The molecule has 1 heterocycles. The number of hydrogen-bond acceptors (Lipinski definition) is 1. The van der Waals surface area contributed by atoms with Crippen molar-refractivity contribution in [3.05, 3.63) is 22.4 Å². The van der Waals surface area contributed by atoms with Crippen molar-refractivity contribution in [3.63, 3.8) is 0 Å². The van der Waals surface area contributed by atoms with E-state index in [0.717, 1.165) is 11.8 Å². The average molecular weight is 234 g/mol. The van der Waals surface area contributed by atoms with Gasteiger partial charge >= 0.3 is 5.69 Å². The molecule has 1 unspecified atom stereocenters. The Morgan fingerprint density at radius 2 is 2.06 bits per heavy atom. The maximum atomic E-state index is 12.1. The van der Waals surface area contributed by atoms with Gasteiger partial charge in [0.25, 0.3) is 0 Å².